The summed E-state index contributed by atoms with van der Waals surface area (Å²) in [6.45, 7) is 0. The molecule has 0 atom stereocenters. The minimum atomic E-state index is -0.683. The summed E-state index contributed by atoms with van der Waals surface area (Å²) >= 11 is 0. The van der Waals surface area contributed by atoms with Crippen LogP contribution < -0.4 is 14.8 Å². The van der Waals surface area contributed by atoms with Gasteiger partial charge in [-0.1, -0.05) is 18.2 Å². The molecule has 0 heterocycles. The lowest BCUT2D eigenvalue weighted by Gasteiger charge is -2.13. The average Bonchev–Trinajstić information content (AvgIpc) is 2.55. The third kappa shape index (κ3) is 3.91. The van der Waals surface area contributed by atoms with Crippen LogP contribution in [0.3, 0.4) is 0 Å². The fraction of sp³-hybridized carbons (Fsp3) is 0.235. The number of anilines is 1. The first-order valence-corrected chi connectivity index (χ1v) is 7.04. The first kappa shape index (κ1) is 16.6. The summed E-state index contributed by atoms with van der Waals surface area (Å²) in [5.74, 6) is -0.251. The number of para-hydroxylation sites is 2. The fourth-order valence-electron chi connectivity index (χ4n) is 2.24. The molecule has 2 aromatic rings. The van der Waals surface area contributed by atoms with E-state index in [0.717, 1.165) is 5.56 Å². The molecule has 2 aromatic carbocycles. The van der Waals surface area contributed by atoms with Crippen LogP contribution in [0.5, 0.6) is 17.2 Å². The van der Waals surface area contributed by atoms with Crippen molar-refractivity contribution in [3.63, 3.8) is 0 Å². The van der Waals surface area contributed by atoms with Crippen LogP contribution in [-0.4, -0.2) is 25.2 Å². The first-order chi connectivity index (χ1) is 11.1. The Morgan fingerprint density at radius 3 is 2.57 bits per heavy atom. The molecule has 0 aliphatic carbocycles. The number of nitrogens with one attached hydrogen (secondary N) is 1. The molecule has 6 heteroatoms. The molecule has 2 N–H and O–H groups in total. The summed E-state index contributed by atoms with van der Waals surface area (Å²) in [4.78, 5) is 12.0. The van der Waals surface area contributed by atoms with E-state index in [1.807, 2.05) is 6.07 Å². The second-order valence-corrected chi connectivity index (χ2v) is 4.83. The van der Waals surface area contributed by atoms with E-state index in [-0.39, 0.29) is 17.9 Å². The Balaban J connectivity index is 2.05. The van der Waals surface area contributed by atoms with Gasteiger partial charge in [0.2, 0.25) is 5.91 Å². The lowest BCUT2D eigenvalue weighted by molar-refractivity contribution is -0.116. The average molecular weight is 319 g/mol. The Kier molecular flexibility index (Phi) is 5.41. The van der Waals surface area contributed by atoms with Crippen LogP contribution in [0.4, 0.5) is 10.1 Å². The van der Waals surface area contributed by atoms with Crippen molar-refractivity contribution in [2.75, 3.05) is 19.5 Å². The monoisotopic (exact) mass is 319 g/mol. The van der Waals surface area contributed by atoms with Gasteiger partial charge in [0.25, 0.3) is 0 Å². The van der Waals surface area contributed by atoms with Gasteiger partial charge in [0, 0.05) is 6.42 Å². The van der Waals surface area contributed by atoms with E-state index in [1.165, 1.54) is 32.4 Å². The van der Waals surface area contributed by atoms with Crippen molar-refractivity contribution in [2.24, 2.45) is 0 Å². The summed E-state index contributed by atoms with van der Waals surface area (Å²) in [5, 5.41) is 12.0. The normalized spacial score (nSPS) is 10.2. The summed E-state index contributed by atoms with van der Waals surface area (Å²) in [6, 6.07) is 9.23. The number of carbonyl (C=O) groups excluding carboxylic acids is 1. The van der Waals surface area contributed by atoms with Crippen molar-refractivity contribution >= 4 is 11.6 Å². The molecule has 122 valence electrons. The summed E-state index contributed by atoms with van der Waals surface area (Å²) in [5.41, 5.74) is 0.592. The van der Waals surface area contributed by atoms with Gasteiger partial charge in [-0.15, -0.1) is 0 Å². The van der Waals surface area contributed by atoms with Gasteiger partial charge in [-0.25, -0.2) is 4.39 Å². The number of rotatable bonds is 6. The largest absolute Gasteiger partial charge is 0.506 e. The zero-order valence-corrected chi connectivity index (χ0v) is 12.9. The van der Waals surface area contributed by atoms with Crippen molar-refractivity contribution in [2.45, 2.75) is 12.8 Å². The Morgan fingerprint density at radius 2 is 1.91 bits per heavy atom. The number of hydrogen-bond acceptors (Lipinski definition) is 4. The van der Waals surface area contributed by atoms with Gasteiger partial charge in [-0.2, -0.15) is 0 Å². The second kappa shape index (κ2) is 7.49. The van der Waals surface area contributed by atoms with Crippen LogP contribution in [-0.2, 0) is 11.2 Å². The Bertz CT molecular complexity index is 683. The molecule has 0 saturated heterocycles. The molecule has 23 heavy (non-hydrogen) atoms. The van der Waals surface area contributed by atoms with Crippen LogP contribution in [0.2, 0.25) is 0 Å². The van der Waals surface area contributed by atoms with Crippen LogP contribution in [0.25, 0.3) is 0 Å². The van der Waals surface area contributed by atoms with Crippen molar-refractivity contribution in [3.05, 3.63) is 47.8 Å². The number of phenols is 1. The Labute approximate surface area is 133 Å². The van der Waals surface area contributed by atoms with E-state index in [2.05, 4.69) is 5.32 Å². The van der Waals surface area contributed by atoms with Crippen molar-refractivity contribution in [1.82, 2.24) is 0 Å². The SMILES string of the molecule is COc1cccc(CCC(=O)Nc2c(O)cccc2F)c1OC. The van der Waals surface area contributed by atoms with E-state index < -0.39 is 11.7 Å². The Morgan fingerprint density at radius 1 is 1.17 bits per heavy atom. The molecule has 0 fully saturated rings. The standard InChI is InChI=1S/C17H18FNO4/c1-22-14-8-3-5-11(17(14)23-2)9-10-15(21)19-16-12(18)6-4-7-13(16)20/h3-8,20H,9-10H2,1-2H3,(H,19,21). The van der Waals surface area contributed by atoms with Gasteiger partial charge >= 0.3 is 0 Å². The van der Waals surface area contributed by atoms with Gasteiger partial charge < -0.3 is 19.9 Å². The van der Waals surface area contributed by atoms with Gasteiger partial charge in [0.05, 0.1) is 14.2 Å². The van der Waals surface area contributed by atoms with Gasteiger partial charge in [-0.3, -0.25) is 4.79 Å². The van der Waals surface area contributed by atoms with Crippen LogP contribution in [0.1, 0.15) is 12.0 Å². The number of hydrogen-bond donors (Lipinski definition) is 2. The topological polar surface area (TPSA) is 67.8 Å². The molecular weight excluding hydrogens is 301 g/mol. The fourth-order valence-corrected chi connectivity index (χ4v) is 2.24. The summed E-state index contributed by atoms with van der Waals surface area (Å²) in [7, 11) is 3.06. The number of methoxy groups -OCH3 is 2. The smallest absolute Gasteiger partial charge is 0.224 e. The van der Waals surface area contributed by atoms with Crippen LogP contribution >= 0.6 is 0 Å². The second-order valence-electron chi connectivity index (χ2n) is 4.83. The van der Waals surface area contributed by atoms with E-state index in [1.54, 1.807) is 12.1 Å². The predicted octanol–water partition coefficient (Wildman–Crippen LogP) is 3.12. The number of ether oxygens (including phenoxy) is 2. The molecule has 1 amide bonds. The number of aryl methyl sites for hydroxylation is 1. The van der Waals surface area contributed by atoms with Gasteiger partial charge in [0.1, 0.15) is 11.4 Å². The van der Waals surface area contributed by atoms with E-state index in [9.17, 15) is 14.3 Å². The molecule has 0 saturated carbocycles. The number of amides is 1. The van der Waals surface area contributed by atoms with Crippen LogP contribution in [0.15, 0.2) is 36.4 Å². The zero-order chi connectivity index (χ0) is 16.8. The molecule has 0 aliphatic heterocycles. The van der Waals surface area contributed by atoms with Crippen molar-refractivity contribution < 1.29 is 23.8 Å². The van der Waals surface area contributed by atoms with E-state index in [4.69, 9.17) is 9.47 Å². The minimum absolute atomic E-state index is 0.108. The third-order valence-corrected chi connectivity index (χ3v) is 3.36. The van der Waals surface area contributed by atoms with Crippen molar-refractivity contribution in [1.29, 1.82) is 0 Å². The number of carbonyl (C=O) groups is 1. The maximum Gasteiger partial charge on any atom is 0.224 e. The summed E-state index contributed by atoms with van der Waals surface area (Å²) in [6.07, 6.45) is 0.499. The Hall–Kier alpha value is -2.76. The highest BCUT2D eigenvalue weighted by molar-refractivity contribution is 5.92. The van der Waals surface area contributed by atoms with Crippen LogP contribution in [0, 0.1) is 5.82 Å². The number of phenolic OH excluding ortho intramolecular Hbond substituents is 1. The summed E-state index contributed by atoms with van der Waals surface area (Å²) < 4.78 is 24.1. The molecule has 0 spiro atoms. The molecule has 0 radical (unpaired) electrons. The number of halogens is 1. The lowest BCUT2D eigenvalue weighted by Crippen LogP contribution is -2.14. The minimum Gasteiger partial charge on any atom is -0.506 e. The quantitative estimate of drug-likeness (QED) is 0.803. The zero-order valence-electron chi connectivity index (χ0n) is 12.9. The number of aromatic hydroxyl groups is 1. The molecule has 0 unspecified atom stereocenters. The molecule has 5 nitrogen and oxygen atoms in total. The first-order valence-electron chi connectivity index (χ1n) is 7.04. The highest BCUT2D eigenvalue weighted by Crippen LogP contribution is 2.31. The third-order valence-electron chi connectivity index (χ3n) is 3.36. The van der Waals surface area contributed by atoms with Gasteiger partial charge in [-0.05, 0) is 30.2 Å². The number of benzene rings is 2. The van der Waals surface area contributed by atoms with E-state index >= 15 is 0 Å². The van der Waals surface area contributed by atoms with Gasteiger partial charge in [0.15, 0.2) is 17.3 Å². The predicted molar refractivity (Wildman–Crippen MR) is 84.6 cm³/mol. The highest BCUT2D eigenvalue weighted by atomic mass is 19.1. The highest BCUT2D eigenvalue weighted by Gasteiger charge is 2.14. The molecule has 0 aromatic heterocycles. The van der Waals surface area contributed by atoms with E-state index in [0.29, 0.717) is 17.9 Å². The maximum absolute atomic E-state index is 13.6. The lowest BCUT2D eigenvalue weighted by atomic mass is 10.1. The van der Waals surface area contributed by atoms with Crippen molar-refractivity contribution in [3.8, 4) is 17.2 Å². The maximum atomic E-state index is 13.6. The molecule has 2 rings (SSSR count). The molecule has 0 bridgehead atoms. The molecular formula is C17H18FNO4. The molecule has 0 aliphatic rings.